The van der Waals surface area contributed by atoms with Gasteiger partial charge in [0.05, 0.1) is 0 Å². The maximum absolute atomic E-state index is 3.45. The van der Waals surface area contributed by atoms with Crippen LogP contribution in [0.4, 0.5) is 0 Å². The van der Waals surface area contributed by atoms with Gasteiger partial charge in [0.2, 0.25) is 0 Å². The fraction of sp³-hybridized carbons (Fsp3) is 1.00. The number of thioether (sulfide) groups is 2. The monoisotopic (exact) mass is 232 g/mol. The van der Waals surface area contributed by atoms with Crippen LogP contribution in [0.15, 0.2) is 0 Å². The molecule has 14 heavy (non-hydrogen) atoms. The molecule has 4 heteroatoms. The van der Waals surface area contributed by atoms with Gasteiger partial charge < -0.3 is 5.32 Å². The molecular weight excluding hydrogens is 212 g/mol. The lowest BCUT2D eigenvalue weighted by Crippen LogP contribution is -2.52. The second kappa shape index (κ2) is 5.64. The van der Waals surface area contributed by atoms with Crippen molar-refractivity contribution in [2.24, 2.45) is 0 Å². The Kier molecular flexibility index (Phi) is 4.47. The topological polar surface area (TPSA) is 15.3 Å². The van der Waals surface area contributed by atoms with Gasteiger partial charge in [-0.2, -0.15) is 23.5 Å². The summed E-state index contributed by atoms with van der Waals surface area (Å²) in [4.78, 5) is 2.65. The minimum atomic E-state index is 0.733. The molecule has 2 heterocycles. The highest BCUT2D eigenvalue weighted by molar-refractivity contribution is 8.06. The Labute approximate surface area is 95.6 Å². The normalized spacial score (nSPS) is 35.8. The van der Waals surface area contributed by atoms with Crippen LogP contribution in [0.1, 0.15) is 6.92 Å². The molecule has 0 aromatic rings. The maximum atomic E-state index is 3.45. The van der Waals surface area contributed by atoms with E-state index in [9.17, 15) is 0 Å². The molecule has 0 spiro atoms. The minimum absolute atomic E-state index is 0.733. The van der Waals surface area contributed by atoms with E-state index >= 15 is 0 Å². The van der Waals surface area contributed by atoms with Gasteiger partial charge >= 0.3 is 0 Å². The smallest absolute Gasteiger partial charge is 0.0265 e. The molecule has 0 aliphatic carbocycles. The summed E-state index contributed by atoms with van der Waals surface area (Å²) in [6, 6.07) is 0.733. The Bertz CT molecular complexity index is 172. The van der Waals surface area contributed by atoms with E-state index in [1.54, 1.807) is 0 Å². The molecule has 0 bridgehead atoms. The second-order valence-electron chi connectivity index (χ2n) is 4.12. The van der Waals surface area contributed by atoms with Gasteiger partial charge in [-0.1, -0.05) is 0 Å². The third-order valence-corrected chi connectivity index (χ3v) is 5.79. The Hall–Kier alpha value is 0.620. The maximum Gasteiger partial charge on any atom is 0.0265 e. The SMILES string of the molecule is CC1CNCCN1CC1CSCCS1. The quantitative estimate of drug-likeness (QED) is 0.767. The zero-order chi connectivity index (χ0) is 9.80. The van der Waals surface area contributed by atoms with E-state index in [0.717, 1.165) is 11.3 Å². The molecular formula is C10H20N2S2. The highest BCUT2D eigenvalue weighted by atomic mass is 32.2. The van der Waals surface area contributed by atoms with Crippen LogP contribution >= 0.6 is 23.5 Å². The van der Waals surface area contributed by atoms with Crippen molar-refractivity contribution in [3.05, 3.63) is 0 Å². The predicted molar refractivity (Wildman–Crippen MR) is 67.5 cm³/mol. The summed E-state index contributed by atoms with van der Waals surface area (Å²) in [6.45, 7) is 7.23. The van der Waals surface area contributed by atoms with E-state index in [2.05, 4.69) is 40.7 Å². The molecule has 2 unspecified atom stereocenters. The first kappa shape index (κ1) is 11.1. The standard InChI is InChI=1S/C10H20N2S2/c1-9-6-11-2-3-12(9)7-10-8-13-4-5-14-10/h9-11H,2-8H2,1H3. The Balaban J connectivity index is 1.76. The van der Waals surface area contributed by atoms with Crippen molar-refractivity contribution in [1.82, 2.24) is 10.2 Å². The summed E-state index contributed by atoms with van der Waals surface area (Å²) < 4.78 is 0. The summed E-state index contributed by atoms with van der Waals surface area (Å²) in [6.07, 6.45) is 0. The Morgan fingerprint density at radius 3 is 3.07 bits per heavy atom. The van der Waals surface area contributed by atoms with Crippen molar-refractivity contribution in [1.29, 1.82) is 0 Å². The number of rotatable bonds is 2. The van der Waals surface area contributed by atoms with Gasteiger partial charge in [-0.3, -0.25) is 4.90 Å². The minimum Gasteiger partial charge on any atom is -0.314 e. The summed E-state index contributed by atoms with van der Waals surface area (Å²) in [5.74, 6) is 4.08. The van der Waals surface area contributed by atoms with Crippen LogP contribution in [0.2, 0.25) is 0 Å². The van der Waals surface area contributed by atoms with Crippen molar-refractivity contribution < 1.29 is 0 Å². The third kappa shape index (κ3) is 3.05. The first-order valence-corrected chi connectivity index (χ1v) is 7.71. The summed E-state index contributed by atoms with van der Waals surface area (Å²) >= 11 is 4.31. The van der Waals surface area contributed by atoms with Crippen LogP contribution in [-0.4, -0.2) is 59.6 Å². The highest BCUT2D eigenvalue weighted by Crippen LogP contribution is 2.25. The molecule has 0 aromatic carbocycles. The average Bonchev–Trinajstić information content (AvgIpc) is 2.23. The zero-order valence-electron chi connectivity index (χ0n) is 8.87. The Morgan fingerprint density at radius 1 is 1.43 bits per heavy atom. The molecule has 2 atom stereocenters. The average molecular weight is 232 g/mol. The van der Waals surface area contributed by atoms with Crippen molar-refractivity contribution >= 4 is 23.5 Å². The molecule has 2 nitrogen and oxygen atoms in total. The fourth-order valence-electron chi connectivity index (χ4n) is 2.06. The van der Waals surface area contributed by atoms with Gasteiger partial charge in [-0.25, -0.2) is 0 Å². The highest BCUT2D eigenvalue weighted by Gasteiger charge is 2.23. The van der Waals surface area contributed by atoms with Crippen LogP contribution in [0, 0.1) is 0 Å². The van der Waals surface area contributed by atoms with Gasteiger partial charge in [0.15, 0.2) is 0 Å². The van der Waals surface area contributed by atoms with E-state index in [1.165, 1.54) is 43.4 Å². The lowest BCUT2D eigenvalue weighted by molar-refractivity contribution is 0.176. The number of hydrogen-bond acceptors (Lipinski definition) is 4. The van der Waals surface area contributed by atoms with Gasteiger partial charge in [0.25, 0.3) is 0 Å². The van der Waals surface area contributed by atoms with Gasteiger partial charge in [0, 0.05) is 54.7 Å². The second-order valence-corrected chi connectivity index (χ2v) is 6.67. The molecule has 2 fully saturated rings. The number of hydrogen-bond donors (Lipinski definition) is 1. The van der Waals surface area contributed by atoms with Gasteiger partial charge in [-0.05, 0) is 6.92 Å². The molecule has 0 amide bonds. The summed E-state index contributed by atoms with van der Waals surface area (Å²) in [5.41, 5.74) is 0. The van der Waals surface area contributed by atoms with Crippen LogP contribution in [0.25, 0.3) is 0 Å². The first-order chi connectivity index (χ1) is 6.86. The van der Waals surface area contributed by atoms with Gasteiger partial charge in [0.1, 0.15) is 0 Å². The van der Waals surface area contributed by atoms with Crippen molar-refractivity contribution in [2.75, 3.05) is 43.4 Å². The van der Waals surface area contributed by atoms with Crippen LogP contribution in [0.3, 0.4) is 0 Å². The molecule has 2 saturated heterocycles. The summed E-state index contributed by atoms with van der Waals surface area (Å²) in [7, 11) is 0. The van der Waals surface area contributed by atoms with Crippen LogP contribution < -0.4 is 5.32 Å². The lowest BCUT2D eigenvalue weighted by atomic mass is 10.2. The number of nitrogens with one attached hydrogen (secondary N) is 1. The van der Waals surface area contributed by atoms with Crippen molar-refractivity contribution in [3.63, 3.8) is 0 Å². The number of piperazine rings is 1. The molecule has 1 N–H and O–H groups in total. The van der Waals surface area contributed by atoms with E-state index in [4.69, 9.17) is 0 Å². The van der Waals surface area contributed by atoms with E-state index in [0.29, 0.717) is 0 Å². The fourth-order valence-corrected chi connectivity index (χ4v) is 4.75. The molecule has 0 aromatic heterocycles. The molecule has 0 saturated carbocycles. The van der Waals surface area contributed by atoms with E-state index < -0.39 is 0 Å². The van der Waals surface area contributed by atoms with E-state index in [1.807, 2.05) is 0 Å². The first-order valence-electron chi connectivity index (χ1n) is 5.50. The van der Waals surface area contributed by atoms with Crippen LogP contribution in [0.5, 0.6) is 0 Å². The van der Waals surface area contributed by atoms with Crippen molar-refractivity contribution in [2.45, 2.75) is 18.2 Å². The number of nitrogens with zero attached hydrogens (tertiary/aromatic N) is 1. The predicted octanol–water partition coefficient (Wildman–Crippen LogP) is 1.13. The van der Waals surface area contributed by atoms with Gasteiger partial charge in [-0.15, -0.1) is 0 Å². The molecule has 0 radical (unpaired) electrons. The molecule has 2 aliphatic heterocycles. The molecule has 2 aliphatic rings. The lowest BCUT2D eigenvalue weighted by Gasteiger charge is -2.36. The third-order valence-electron chi connectivity index (χ3n) is 2.96. The zero-order valence-corrected chi connectivity index (χ0v) is 10.5. The molecule has 2 rings (SSSR count). The largest absolute Gasteiger partial charge is 0.314 e. The molecule has 82 valence electrons. The van der Waals surface area contributed by atoms with Crippen molar-refractivity contribution in [3.8, 4) is 0 Å². The van der Waals surface area contributed by atoms with Crippen LogP contribution in [-0.2, 0) is 0 Å². The Morgan fingerprint density at radius 2 is 2.36 bits per heavy atom. The van der Waals surface area contributed by atoms with E-state index in [-0.39, 0.29) is 0 Å². The summed E-state index contributed by atoms with van der Waals surface area (Å²) in [5, 5.41) is 4.33.